The van der Waals surface area contributed by atoms with Gasteiger partial charge in [0, 0.05) is 41.1 Å². The smallest absolute Gasteiger partial charge is 0.217 e. The topological polar surface area (TPSA) is 25.4 Å². The molecule has 2 bridgehead atoms. The van der Waals surface area contributed by atoms with E-state index in [1.807, 2.05) is 18.3 Å². The van der Waals surface area contributed by atoms with Crippen molar-refractivity contribution in [3.8, 4) is 17.0 Å². The third kappa shape index (κ3) is 2.19. The predicted octanol–water partition coefficient (Wildman–Crippen LogP) is 3.44. The predicted molar refractivity (Wildman–Crippen MR) is 93.2 cm³/mol. The van der Waals surface area contributed by atoms with Crippen molar-refractivity contribution in [1.29, 1.82) is 0 Å². The normalized spacial score (nSPS) is 31.2. The Hall–Kier alpha value is -1.52. The summed E-state index contributed by atoms with van der Waals surface area (Å²) in [6.45, 7) is 3.54. The zero-order valence-corrected chi connectivity index (χ0v) is 13.9. The Bertz CT molecular complexity index is 770. The number of benzene rings is 1. The molecule has 0 aliphatic carbocycles. The van der Waals surface area contributed by atoms with E-state index in [9.17, 15) is 0 Å². The molecule has 5 heterocycles. The van der Waals surface area contributed by atoms with E-state index in [1.165, 1.54) is 37.1 Å². The monoisotopic (exact) mass is 324 g/mol. The molecule has 1 aromatic carbocycles. The standard InChI is InChI=1S/C19H20N2OS/c23-17-3-1-2-13(9-17)15-8-14-10-19(22-18(14)20-11-15)12-21-6-4-16(19)5-7-21/h1-3,8-9,11,16,23H,4-7,10,12H2/t19-/m0/s1. The number of nitrogens with zero attached hydrogens (tertiary/aromatic N) is 2. The van der Waals surface area contributed by atoms with Gasteiger partial charge in [0.25, 0.3) is 0 Å². The second kappa shape index (κ2) is 4.99. The van der Waals surface area contributed by atoms with Crippen molar-refractivity contribution >= 4 is 12.6 Å². The number of pyridine rings is 1. The van der Waals surface area contributed by atoms with Gasteiger partial charge in [0.1, 0.15) is 5.60 Å². The molecule has 1 spiro atoms. The molecule has 3 fully saturated rings. The Labute approximate surface area is 142 Å². The van der Waals surface area contributed by atoms with Gasteiger partial charge in [0.15, 0.2) is 0 Å². The summed E-state index contributed by atoms with van der Waals surface area (Å²) in [6, 6.07) is 10.5. The van der Waals surface area contributed by atoms with E-state index >= 15 is 0 Å². The van der Waals surface area contributed by atoms with E-state index in [4.69, 9.17) is 4.74 Å². The summed E-state index contributed by atoms with van der Waals surface area (Å²) in [5.41, 5.74) is 3.57. The zero-order chi connectivity index (χ0) is 15.4. The first kappa shape index (κ1) is 13.9. The van der Waals surface area contributed by atoms with E-state index in [0.29, 0.717) is 5.92 Å². The minimum absolute atomic E-state index is 0.0180. The average molecular weight is 324 g/mol. The van der Waals surface area contributed by atoms with Crippen LogP contribution in [0.3, 0.4) is 0 Å². The second-order valence-corrected chi connectivity index (χ2v) is 7.65. The highest BCUT2D eigenvalue weighted by atomic mass is 32.1. The fraction of sp³-hybridized carbons (Fsp3) is 0.421. The lowest BCUT2D eigenvalue weighted by Crippen LogP contribution is -2.61. The Morgan fingerprint density at radius 2 is 2.04 bits per heavy atom. The molecule has 4 aliphatic heterocycles. The highest BCUT2D eigenvalue weighted by molar-refractivity contribution is 7.80. The van der Waals surface area contributed by atoms with Gasteiger partial charge in [-0.2, -0.15) is 0 Å². The van der Waals surface area contributed by atoms with Crippen molar-refractivity contribution in [2.24, 2.45) is 5.92 Å². The van der Waals surface area contributed by atoms with Crippen molar-refractivity contribution in [1.82, 2.24) is 9.88 Å². The summed E-state index contributed by atoms with van der Waals surface area (Å²) in [5.74, 6) is 1.54. The van der Waals surface area contributed by atoms with Crippen LogP contribution in [0.25, 0.3) is 11.1 Å². The first-order chi connectivity index (χ1) is 11.2. The van der Waals surface area contributed by atoms with Gasteiger partial charge in [0.05, 0.1) is 0 Å². The first-order valence-corrected chi connectivity index (χ1v) is 8.86. The lowest BCUT2D eigenvalue weighted by molar-refractivity contribution is -0.0814. The second-order valence-electron chi connectivity index (χ2n) is 7.13. The Balaban J connectivity index is 1.49. The van der Waals surface area contributed by atoms with Crippen LogP contribution in [-0.4, -0.2) is 35.1 Å². The SMILES string of the molecule is Sc1cccc(-c2cnc3c(c2)C[C@@]2(CN4CCC2CC4)O3)c1. The molecule has 1 atom stereocenters. The summed E-state index contributed by atoms with van der Waals surface area (Å²) in [5, 5.41) is 0. The fourth-order valence-electron chi connectivity index (χ4n) is 4.55. The van der Waals surface area contributed by atoms with E-state index in [-0.39, 0.29) is 5.60 Å². The highest BCUT2D eigenvalue weighted by Gasteiger charge is 2.52. The Morgan fingerprint density at radius 1 is 1.17 bits per heavy atom. The zero-order valence-electron chi connectivity index (χ0n) is 13.0. The van der Waals surface area contributed by atoms with Gasteiger partial charge >= 0.3 is 0 Å². The third-order valence-electron chi connectivity index (χ3n) is 5.72. The molecule has 0 saturated carbocycles. The molecule has 1 aromatic heterocycles. The molecule has 2 aromatic rings. The number of aromatic nitrogens is 1. The molecule has 0 N–H and O–H groups in total. The molecule has 23 heavy (non-hydrogen) atoms. The molecule has 3 saturated heterocycles. The number of hydrogen-bond acceptors (Lipinski definition) is 4. The minimum atomic E-state index is -0.0180. The van der Waals surface area contributed by atoms with Crippen LogP contribution < -0.4 is 4.74 Å². The maximum Gasteiger partial charge on any atom is 0.217 e. The molecular formula is C19H20N2OS. The number of fused-ring (bicyclic) bond motifs is 3. The largest absolute Gasteiger partial charge is 0.469 e. The number of rotatable bonds is 1. The molecule has 4 heteroatoms. The summed E-state index contributed by atoms with van der Waals surface area (Å²) in [4.78, 5) is 8.17. The lowest BCUT2D eigenvalue weighted by Gasteiger charge is -2.50. The van der Waals surface area contributed by atoms with Gasteiger partial charge in [-0.1, -0.05) is 12.1 Å². The van der Waals surface area contributed by atoms with Gasteiger partial charge in [-0.15, -0.1) is 12.6 Å². The maximum atomic E-state index is 6.42. The molecule has 0 amide bonds. The molecule has 6 rings (SSSR count). The van der Waals surface area contributed by atoms with E-state index in [1.54, 1.807) is 0 Å². The van der Waals surface area contributed by atoms with E-state index in [0.717, 1.165) is 29.3 Å². The number of ether oxygens (including phenoxy) is 1. The lowest BCUT2D eigenvalue weighted by atomic mass is 9.73. The molecular weight excluding hydrogens is 304 g/mol. The summed E-state index contributed by atoms with van der Waals surface area (Å²) in [6.07, 6.45) is 5.47. The molecule has 3 nitrogen and oxygen atoms in total. The molecule has 0 unspecified atom stereocenters. The van der Waals surface area contributed by atoms with Crippen LogP contribution in [0.5, 0.6) is 5.88 Å². The fourth-order valence-corrected chi connectivity index (χ4v) is 4.78. The van der Waals surface area contributed by atoms with E-state index < -0.39 is 0 Å². The van der Waals surface area contributed by atoms with Crippen molar-refractivity contribution in [2.75, 3.05) is 19.6 Å². The Kier molecular flexibility index (Phi) is 3.01. The summed E-state index contributed by atoms with van der Waals surface area (Å²) >= 11 is 4.44. The number of piperidine rings is 3. The molecule has 0 radical (unpaired) electrons. The van der Waals surface area contributed by atoms with Gasteiger partial charge in [-0.05, 0) is 49.7 Å². The molecule has 118 valence electrons. The van der Waals surface area contributed by atoms with Crippen LogP contribution in [0.1, 0.15) is 18.4 Å². The van der Waals surface area contributed by atoms with Crippen molar-refractivity contribution in [2.45, 2.75) is 29.8 Å². The van der Waals surface area contributed by atoms with E-state index in [2.05, 4.69) is 40.7 Å². The summed E-state index contributed by atoms with van der Waals surface area (Å²) < 4.78 is 6.42. The highest BCUT2D eigenvalue weighted by Crippen LogP contribution is 2.46. The van der Waals surface area contributed by atoms with Gasteiger partial charge in [-0.3, -0.25) is 4.90 Å². The Morgan fingerprint density at radius 3 is 2.78 bits per heavy atom. The average Bonchev–Trinajstić information content (AvgIpc) is 2.92. The van der Waals surface area contributed by atoms with Crippen molar-refractivity contribution in [3.63, 3.8) is 0 Å². The third-order valence-corrected chi connectivity index (χ3v) is 6.00. The van der Waals surface area contributed by atoms with Crippen LogP contribution in [-0.2, 0) is 6.42 Å². The van der Waals surface area contributed by atoms with Crippen molar-refractivity contribution in [3.05, 3.63) is 42.1 Å². The van der Waals surface area contributed by atoms with Crippen LogP contribution >= 0.6 is 12.6 Å². The van der Waals surface area contributed by atoms with Gasteiger partial charge in [-0.25, -0.2) is 4.98 Å². The van der Waals surface area contributed by atoms with Crippen molar-refractivity contribution < 1.29 is 4.74 Å². The first-order valence-electron chi connectivity index (χ1n) is 8.42. The number of hydrogen-bond donors (Lipinski definition) is 1. The van der Waals surface area contributed by atoms with Crippen LogP contribution in [0.15, 0.2) is 41.4 Å². The van der Waals surface area contributed by atoms with Gasteiger partial charge in [0.2, 0.25) is 5.88 Å². The quantitative estimate of drug-likeness (QED) is 0.814. The maximum absolute atomic E-state index is 6.42. The van der Waals surface area contributed by atoms with Crippen LogP contribution in [0.2, 0.25) is 0 Å². The minimum Gasteiger partial charge on any atom is -0.469 e. The summed E-state index contributed by atoms with van der Waals surface area (Å²) in [7, 11) is 0. The van der Waals surface area contributed by atoms with Gasteiger partial charge < -0.3 is 4.74 Å². The van der Waals surface area contributed by atoms with Crippen LogP contribution in [0.4, 0.5) is 0 Å². The number of thiol groups is 1. The van der Waals surface area contributed by atoms with Crippen LogP contribution in [0, 0.1) is 5.92 Å². The molecule has 4 aliphatic rings.